The molecule has 2 aliphatic rings. The highest BCUT2D eigenvalue weighted by atomic mass is 35.5. The van der Waals surface area contributed by atoms with Crippen LogP contribution in [0.1, 0.15) is 127 Å². The smallest absolute Gasteiger partial charge is 0.450 e. The molecular formula is C93H99Cl6F9N12O22. The summed E-state index contributed by atoms with van der Waals surface area (Å²) in [5, 5.41) is 39.6. The van der Waals surface area contributed by atoms with Crippen molar-refractivity contribution in [3.63, 3.8) is 0 Å². The van der Waals surface area contributed by atoms with Gasteiger partial charge >= 0.3 is 54.3 Å². The number of ketones is 3. The van der Waals surface area contributed by atoms with E-state index < -0.39 is 120 Å². The number of aromatic nitrogens is 4. The highest BCUT2D eigenvalue weighted by molar-refractivity contribution is 6.44. The van der Waals surface area contributed by atoms with Crippen molar-refractivity contribution in [2.24, 2.45) is 16.1 Å². The van der Waals surface area contributed by atoms with Crippen LogP contribution >= 0.6 is 69.6 Å². The number of amides is 6. The largest absolute Gasteiger partial charge is 0.465 e. The van der Waals surface area contributed by atoms with Crippen LogP contribution in [-0.2, 0) is 125 Å². The van der Waals surface area contributed by atoms with Crippen molar-refractivity contribution in [1.29, 1.82) is 0 Å². The standard InChI is InChI=1S/C16H12Cl3N5O2.C15H10Cl3N5O2.C12H17NO.C11H10F6O.C10H11F3O5.C10H13NO.C10H14O5.C9H12O5/c1-8(2)15(25)21-14-13(23-5-3-4-20-23)16(26)24(22-14)12-10(18)6-9(17)7-11(12)19;1-2-11(24)20-14-13(22-5-3-4-19-22)15(25)23(21-14)12-9(17)6-8(16)7-10(12)18;1-9(2)12(14)13-8-11-6-4-10(3)5-7-11;1-2-7-3-5-8(6-4-7)9(18,10(12,13)14)11(15,16)17;1-6(2)9(16)18-4-3-17-8(15)5-7(14)10(11,12)13;1-2-10(12)11-8-9-6-4-3-5-7-9;1-3-9(12)14-5-4-6-15-10(13)7-8(2)11;1-3-8(11)13-4-5-14-9(12)6-7(2)10/h3-7,13H,1H2,2H3,(H,21,22,25);2-7,13H,1H2,(H,20,21,24);4-7,9H,8H2,1-3H3,(H,13,14);3-6,18H,2H2,1H3;1,3-5H2,2H3;3-7H,2,8H2,1H3,(H,11,12);3H,1,4-7H2,2H3;3H,1,4-6H2,2H3. The summed E-state index contributed by atoms with van der Waals surface area (Å²) in [5.74, 6) is -8.56. The van der Waals surface area contributed by atoms with E-state index >= 15 is 0 Å². The third-order valence-corrected chi connectivity index (χ3v) is 18.9. The zero-order valence-corrected chi connectivity index (χ0v) is 82.0. The number of ether oxygens (including phenoxy) is 6. The molecule has 0 aliphatic carbocycles. The molecule has 2 atom stereocenters. The maximum absolute atomic E-state index is 13.0. The van der Waals surface area contributed by atoms with Crippen molar-refractivity contribution >= 4 is 181 Å². The molecule has 768 valence electrons. The second-order valence-electron chi connectivity index (χ2n) is 29.2. The molecule has 0 bridgehead atoms. The number of alkyl halides is 9. The third kappa shape index (κ3) is 44.0. The van der Waals surface area contributed by atoms with Gasteiger partial charge in [0.1, 0.15) is 68.6 Å². The van der Waals surface area contributed by atoms with Crippen LogP contribution < -0.4 is 31.3 Å². The minimum Gasteiger partial charge on any atom is -0.465 e. The van der Waals surface area contributed by atoms with Crippen molar-refractivity contribution in [3.8, 4) is 0 Å². The number of hydrogen-bond donors (Lipinski definition) is 5. The molecule has 0 saturated carbocycles. The molecule has 9 rings (SSSR count). The van der Waals surface area contributed by atoms with Gasteiger partial charge in [-0.15, -0.1) is 10.2 Å². The lowest BCUT2D eigenvalue weighted by atomic mass is 9.91. The molecule has 34 nitrogen and oxygen atoms in total. The minimum atomic E-state index is -5.83. The lowest BCUT2D eigenvalue weighted by molar-refractivity contribution is -0.376. The van der Waals surface area contributed by atoms with Crippen LogP contribution in [0.15, 0.2) is 213 Å². The minimum absolute atomic E-state index is 0.0332. The van der Waals surface area contributed by atoms with E-state index in [1.54, 1.807) is 38.4 Å². The number of hydrazone groups is 2. The molecule has 4 heterocycles. The van der Waals surface area contributed by atoms with Crippen LogP contribution in [0.4, 0.5) is 50.9 Å². The van der Waals surface area contributed by atoms with Gasteiger partial charge < -0.3 is 54.8 Å². The second kappa shape index (κ2) is 61.8. The zero-order valence-electron chi connectivity index (χ0n) is 77.4. The van der Waals surface area contributed by atoms with E-state index in [1.807, 2.05) is 63.2 Å². The molecule has 2 aromatic heterocycles. The van der Waals surface area contributed by atoms with Gasteiger partial charge in [-0.25, -0.2) is 14.4 Å². The summed E-state index contributed by atoms with van der Waals surface area (Å²) < 4.78 is 140. The van der Waals surface area contributed by atoms with E-state index in [0.717, 1.165) is 51.5 Å². The fourth-order valence-electron chi connectivity index (χ4n) is 10.1. The van der Waals surface area contributed by atoms with E-state index in [1.165, 1.54) is 72.4 Å². The Morgan fingerprint density at radius 2 is 0.894 bits per heavy atom. The van der Waals surface area contributed by atoms with E-state index in [-0.39, 0.29) is 129 Å². The summed E-state index contributed by atoms with van der Waals surface area (Å²) in [7, 11) is 0. The molecule has 0 spiro atoms. The summed E-state index contributed by atoms with van der Waals surface area (Å²) in [4.78, 5) is 167. The number of aliphatic hydroxyl groups is 1. The maximum atomic E-state index is 13.0. The Morgan fingerprint density at radius 3 is 1.27 bits per heavy atom. The van der Waals surface area contributed by atoms with Crippen molar-refractivity contribution in [2.45, 2.75) is 150 Å². The van der Waals surface area contributed by atoms with Crippen LogP contribution in [0.25, 0.3) is 0 Å². The number of hydrogen-bond acceptors (Lipinski definition) is 26. The molecule has 5 N–H and O–H groups in total. The van der Waals surface area contributed by atoms with Crippen LogP contribution in [0, 0.1) is 12.8 Å². The molecule has 0 saturated heterocycles. The number of carbonyl (C=O) groups excluding carboxylic acids is 15. The molecule has 2 unspecified atom stereocenters. The molecule has 7 aromatic rings. The van der Waals surface area contributed by atoms with E-state index in [4.69, 9.17) is 79.4 Å². The summed E-state index contributed by atoms with van der Waals surface area (Å²) in [5.41, 5.74) is -1.25. The molecule has 142 heavy (non-hydrogen) atoms. The quantitative estimate of drug-likeness (QED) is 0.00637. The van der Waals surface area contributed by atoms with Gasteiger partial charge in [-0.05, 0) is 100 Å². The fourth-order valence-corrected chi connectivity index (χ4v) is 12.1. The van der Waals surface area contributed by atoms with E-state index in [2.05, 4.69) is 117 Å². The lowest BCUT2D eigenvalue weighted by Gasteiger charge is -2.32. The van der Waals surface area contributed by atoms with Gasteiger partial charge in [0.25, 0.3) is 23.3 Å². The number of nitrogens with zero attached hydrogens (tertiary/aromatic N) is 8. The van der Waals surface area contributed by atoms with Gasteiger partial charge in [0.2, 0.25) is 23.5 Å². The molecule has 0 fully saturated rings. The van der Waals surface area contributed by atoms with Crippen molar-refractivity contribution in [3.05, 3.63) is 260 Å². The first-order valence-electron chi connectivity index (χ1n) is 41.5. The Labute approximate surface area is 838 Å². The molecule has 49 heteroatoms. The van der Waals surface area contributed by atoms with Crippen LogP contribution in [0.3, 0.4) is 0 Å². The predicted molar refractivity (Wildman–Crippen MR) is 507 cm³/mol. The average molecular weight is 2120 g/mol. The second-order valence-corrected chi connectivity index (χ2v) is 31.7. The number of aryl methyl sites for hydroxylation is 2. The molecular weight excluding hydrogens is 2020 g/mol. The molecule has 6 amide bonds. The Morgan fingerprint density at radius 1 is 0.500 bits per heavy atom. The number of amidine groups is 2. The third-order valence-electron chi connectivity index (χ3n) is 17.3. The molecule has 0 radical (unpaired) electrons. The Balaban J connectivity index is 0.000000557. The maximum Gasteiger partial charge on any atom is 0.450 e. The summed E-state index contributed by atoms with van der Waals surface area (Å²) in [6.07, 6.45) is -7.86. The number of halogens is 15. The van der Waals surface area contributed by atoms with Crippen LogP contribution in [0.5, 0.6) is 0 Å². The summed E-state index contributed by atoms with van der Waals surface area (Å²) in [6.45, 7) is 32.3. The number of rotatable bonds is 33. The monoisotopic (exact) mass is 2120 g/mol. The van der Waals surface area contributed by atoms with Gasteiger partial charge in [0, 0.05) is 95.5 Å². The Kier molecular flexibility index (Phi) is 54.1. The first-order chi connectivity index (χ1) is 66.4. The number of benzene rings is 5. The molecule has 5 aromatic carbocycles. The summed E-state index contributed by atoms with van der Waals surface area (Å²) in [6, 6.07) is 28.7. The van der Waals surface area contributed by atoms with Gasteiger partial charge in [0.15, 0.2) is 23.8 Å². The number of carbonyl (C=O) groups is 15. The predicted octanol–water partition coefficient (Wildman–Crippen LogP) is 16.1. The zero-order chi connectivity index (χ0) is 108. The Hall–Kier alpha value is -13.7. The SMILES string of the molecule is C=C(C)C(=O)NC1=NN(c2c(Cl)cc(Cl)cc2Cl)C(=O)C1n1cccn1.C=C(C)C(=O)OCCOC(=O)CC(=O)C(F)(F)F.C=CC(=O)NC1=NN(c2c(Cl)cc(Cl)cc2Cl)C(=O)C1n1cccn1.C=CC(=O)OCCCOC(=O)CC(C)=O.C=CC(=O)OCCOC(=O)CC(C)=O.CCC(=O)NCc1ccccc1.CCc1ccc(C(O)(C(F)(F)F)C(F)(F)F)cc1.Cc1ccc(CNC(=O)C(C)C)cc1. The number of anilines is 2. The molecule has 2 aliphatic heterocycles. The topological polar surface area (TPSA) is 447 Å². The van der Waals surface area contributed by atoms with Gasteiger partial charge in [-0.1, -0.05) is 215 Å². The normalized spacial score (nSPS) is 12.7. The van der Waals surface area contributed by atoms with E-state index in [0.29, 0.717) is 60.1 Å². The van der Waals surface area contributed by atoms with Crippen molar-refractivity contribution in [2.75, 3.05) is 49.7 Å². The first-order valence-corrected chi connectivity index (χ1v) is 43.8. The van der Waals surface area contributed by atoms with Gasteiger partial charge in [-0.2, -0.15) is 59.7 Å². The average Bonchev–Trinajstić information content (AvgIpc) is 1.22. The summed E-state index contributed by atoms with van der Waals surface area (Å²) >= 11 is 36.6. The van der Waals surface area contributed by atoms with Crippen molar-refractivity contribution in [1.82, 2.24) is 40.8 Å². The number of esters is 6. The first kappa shape index (κ1) is 124. The van der Waals surface area contributed by atoms with Gasteiger partial charge in [0.05, 0.1) is 33.3 Å². The fraction of sp³-hybridized carbons (Fsp3) is 0.323. The number of Topliss-reactive ketones (excluding diaryl/α,β-unsaturated/α-hetero) is 3. The van der Waals surface area contributed by atoms with Crippen LogP contribution in [-0.4, -0.2) is 183 Å². The number of nitrogens with one attached hydrogen (secondary N) is 4. The Bertz CT molecular complexity index is 5580. The van der Waals surface area contributed by atoms with Crippen LogP contribution in [0.2, 0.25) is 30.1 Å². The lowest BCUT2D eigenvalue weighted by Crippen LogP contribution is -2.53. The highest BCUT2D eigenvalue weighted by Gasteiger charge is 2.71. The van der Waals surface area contributed by atoms with Crippen molar-refractivity contribution < 1.29 is 145 Å². The highest BCUT2D eigenvalue weighted by Crippen LogP contribution is 2.50. The van der Waals surface area contributed by atoms with E-state index in [9.17, 15) is 111 Å². The van der Waals surface area contributed by atoms with Gasteiger partial charge in [-0.3, -0.25) is 66.9 Å².